The molecule has 1 aliphatic carbocycles. The molecule has 14 heavy (non-hydrogen) atoms. The van der Waals surface area contributed by atoms with E-state index in [4.69, 9.17) is 0 Å². The Labute approximate surface area is 92.0 Å². The fourth-order valence-corrected chi connectivity index (χ4v) is 2.26. The summed E-state index contributed by atoms with van der Waals surface area (Å²) in [5.41, 5.74) is 2.15. The Kier molecular flexibility index (Phi) is 2.82. The number of alkyl halides is 1. The predicted molar refractivity (Wildman–Crippen MR) is 60.6 cm³/mol. The van der Waals surface area contributed by atoms with Gasteiger partial charge >= 0.3 is 0 Å². The van der Waals surface area contributed by atoms with E-state index in [9.17, 15) is 4.79 Å². The summed E-state index contributed by atoms with van der Waals surface area (Å²) < 4.78 is 0. The van der Waals surface area contributed by atoms with Crippen molar-refractivity contribution in [2.75, 3.05) is 0 Å². The van der Waals surface area contributed by atoms with Crippen LogP contribution in [0.4, 0.5) is 0 Å². The van der Waals surface area contributed by atoms with Gasteiger partial charge in [-0.2, -0.15) is 0 Å². The van der Waals surface area contributed by atoms with E-state index in [1.165, 1.54) is 5.56 Å². The third kappa shape index (κ3) is 2.13. The van der Waals surface area contributed by atoms with Gasteiger partial charge < -0.3 is 0 Å². The minimum atomic E-state index is 0.244. The van der Waals surface area contributed by atoms with Crippen LogP contribution in [-0.4, -0.2) is 10.6 Å². The van der Waals surface area contributed by atoms with Crippen molar-refractivity contribution in [2.24, 2.45) is 0 Å². The normalized spacial score (nSPS) is 21.1. The first-order valence-corrected chi connectivity index (χ1v) is 5.59. The largest absolute Gasteiger partial charge is 0.294 e. The van der Waals surface area contributed by atoms with Crippen LogP contribution in [-0.2, 0) is 11.2 Å². The number of hydrogen-bond acceptors (Lipinski definition) is 1. The Morgan fingerprint density at radius 1 is 1.29 bits per heavy atom. The van der Waals surface area contributed by atoms with Crippen LogP contribution in [0, 0.1) is 0 Å². The van der Waals surface area contributed by atoms with Gasteiger partial charge in [0.15, 0.2) is 5.78 Å². The molecule has 1 unspecified atom stereocenters. The van der Waals surface area contributed by atoms with E-state index >= 15 is 0 Å². The van der Waals surface area contributed by atoms with Gasteiger partial charge in [0, 0.05) is 17.7 Å². The SMILES string of the molecule is O=C1CC(Br)C=C1Cc1ccccc1. The number of benzene rings is 1. The molecule has 0 saturated carbocycles. The molecule has 1 aromatic carbocycles. The van der Waals surface area contributed by atoms with Crippen molar-refractivity contribution in [3.63, 3.8) is 0 Å². The summed E-state index contributed by atoms with van der Waals surface area (Å²) in [6.07, 6.45) is 3.40. The van der Waals surface area contributed by atoms with E-state index in [1.807, 2.05) is 24.3 Å². The van der Waals surface area contributed by atoms with Crippen LogP contribution < -0.4 is 0 Å². The topological polar surface area (TPSA) is 17.1 Å². The van der Waals surface area contributed by atoms with E-state index in [-0.39, 0.29) is 10.6 Å². The van der Waals surface area contributed by atoms with Crippen molar-refractivity contribution in [3.05, 3.63) is 47.5 Å². The van der Waals surface area contributed by atoms with Crippen LogP contribution in [0.15, 0.2) is 42.0 Å². The van der Waals surface area contributed by atoms with Gasteiger partial charge in [0.1, 0.15) is 0 Å². The summed E-state index contributed by atoms with van der Waals surface area (Å²) in [5.74, 6) is 0.274. The number of rotatable bonds is 2. The maximum absolute atomic E-state index is 11.5. The van der Waals surface area contributed by atoms with Crippen molar-refractivity contribution in [3.8, 4) is 0 Å². The van der Waals surface area contributed by atoms with E-state index in [1.54, 1.807) is 0 Å². The lowest BCUT2D eigenvalue weighted by atomic mass is 10.0. The van der Waals surface area contributed by atoms with E-state index in [0.717, 1.165) is 12.0 Å². The minimum Gasteiger partial charge on any atom is -0.294 e. The summed E-state index contributed by atoms with van der Waals surface area (Å²) in [5, 5.41) is 0. The second kappa shape index (κ2) is 4.09. The van der Waals surface area contributed by atoms with Crippen molar-refractivity contribution >= 4 is 21.7 Å². The molecule has 0 radical (unpaired) electrons. The molecule has 72 valence electrons. The molecule has 0 saturated heterocycles. The highest BCUT2D eigenvalue weighted by atomic mass is 79.9. The number of halogens is 1. The Morgan fingerprint density at radius 2 is 2.00 bits per heavy atom. The second-order valence-electron chi connectivity index (χ2n) is 3.50. The van der Waals surface area contributed by atoms with E-state index in [0.29, 0.717) is 6.42 Å². The number of carbonyl (C=O) groups is 1. The lowest BCUT2D eigenvalue weighted by Crippen LogP contribution is -2.00. The molecule has 0 fully saturated rings. The minimum absolute atomic E-state index is 0.244. The summed E-state index contributed by atoms with van der Waals surface area (Å²) >= 11 is 3.44. The molecule has 0 heterocycles. The molecule has 1 atom stereocenters. The molecule has 2 heteroatoms. The third-order valence-electron chi connectivity index (χ3n) is 2.36. The molecule has 0 N–H and O–H groups in total. The van der Waals surface area contributed by atoms with Crippen molar-refractivity contribution in [2.45, 2.75) is 17.7 Å². The van der Waals surface area contributed by atoms with E-state index < -0.39 is 0 Å². The van der Waals surface area contributed by atoms with Gasteiger partial charge in [0.25, 0.3) is 0 Å². The van der Waals surface area contributed by atoms with Gasteiger partial charge in [0.05, 0.1) is 0 Å². The van der Waals surface area contributed by atoms with Gasteiger partial charge in [0.2, 0.25) is 0 Å². The average molecular weight is 251 g/mol. The van der Waals surface area contributed by atoms with Crippen molar-refractivity contribution in [1.82, 2.24) is 0 Å². The van der Waals surface area contributed by atoms with Crippen molar-refractivity contribution in [1.29, 1.82) is 0 Å². The van der Waals surface area contributed by atoms with Crippen LogP contribution in [0.5, 0.6) is 0 Å². The number of allylic oxidation sites excluding steroid dienone is 2. The van der Waals surface area contributed by atoms with Crippen LogP contribution in [0.2, 0.25) is 0 Å². The molecular weight excluding hydrogens is 240 g/mol. The number of carbonyl (C=O) groups excluding carboxylic acids is 1. The molecular formula is C12H11BrO. The molecule has 1 aromatic rings. The molecule has 0 amide bonds. The summed E-state index contributed by atoms with van der Waals surface area (Å²) in [6, 6.07) is 10.1. The standard InChI is InChI=1S/C12H11BrO/c13-11-7-10(12(14)8-11)6-9-4-2-1-3-5-9/h1-5,7,11H,6,8H2. The van der Waals surface area contributed by atoms with Gasteiger partial charge in [-0.05, 0) is 11.1 Å². The van der Waals surface area contributed by atoms with Crippen LogP contribution in [0.3, 0.4) is 0 Å². The zero-order chi connectivity index (χ0) is 9.97. The Bertz CT molecular complexity index is 367. The maximum atomic E-state index is 11.5. The first-order valence-electron chi connectivity index (χ1n) is 4.67. The lowest BCUT2D eigenvalue weighted by molar-refractivity contribution is -0.114. The summed E-state index contributed by atoms with van der Waals surface area (Å²) in [4.78, 5) is 11.7. The smallest absolute Gasteiger partial charge is 0.160 e. The molecule has 0 aromatic heterocycles. The predicted octanol–water partition coefficient (Wildman–Crippen LogP) is 2.89. The van der Waals surface area contributed by atoms with Crippen molar-refractivity contribution < 1.29 is 4.79 Å². The summed E-state index contributed by atoms with van der Waals surface area (Å²) in [7, 11) is 0. The zero-order valence-corrected chi connectivity index (χ0v) is 9.33. The maximum Gasteiger partial charge on any atom is 0.160 e. The van der Waals surface area contributed by atoms with E-state index in [2.05, 4.69) is 28.1 Å². The fraction of sp³-hybridized carbons (Fsp3) is 0.250. The van der Waals surface area contributed by atoms with Gasteiger partial charge in [-0.1, -0.05) is 52.3 Å². The number of ketones is 1. The molecule has 1 aliphatic rings. The highest BCUT2D eigenvalue weighted by Crippen LogP contribution is 2.23. The zero-order valence-electron chi connectivity index (χ0n) is 7.74. The van der Waals surface area contributed by atoms with Crippen LogP contribution in [0.1, 0.15) is 12.0 Å². The Balaban J connectivity index is 2.12. The summed E-state index contributed by atoms with van der Waals surface area (Å²) in [6.45, 7) is 0. The average Bonchev–Trinajstić information content (AvgIpc) is 2.47. The lowest BCUT2D eigenvalue weighted by Gasteiger charge is -1.99. The van der Waals surface area contributed by atoms with Gasteiger partial charge in [-0.25, -0.2) is 0 Å². The molecule has 0 bridgehead atoms. The molecule has 0 aliphatic heterocycles. The first-order chi connectivity index (χ1) is 6.75. The third-order valence-corrected chi connectivity index (χ3v) is 2.95. The number of hydrogen-bond donors (Lipinski definition) is 0. The Hall–Kier alpha value is -0.890. The first kappa shape index (κ1) is 9.66. The van der Waals surface area contributed by atoms with Gasteiger partial charge in [-0.15, -0.1) is 0 Å². The second-order valence-corrected chi connectivity index (χ2v) is 4.67. The molecule has 2 rings (SSSR count). The van der Waals surface area contributed by atoms with Crippen LogP contribution >= 0.6 is 15.9 Å². The quantitative estimate of drug-likeness (QED) is 0.738. The highest BCUT2D eigenvalue weighted by Gasteiger charge is 2.21. The fourth-order valence-electron chi connectivity index (χ4n) is 1.65. The van der Waals surface area contributed by atoms with Gasteiger partial charge in [-0.3, -0.25) is 4.79 Å². The molecule has 0 spiro atoms. The Morgan fingerprint density at radius 3 is 2.57 bits per heavy atom. The monoisotopic (exact) mass is 250 g/mol. The van der Waals surface area contributed by atoms with Crippen LogP contribution in [0.25, 0.3) is 0 Å². The molecule has 1 nitrogen and oxygen atoms in total. The number of Topliss-reactive ketones (excluding diaryl/α,β-unsaturated/α-hetero) is 1. The highest BCUT2D eigenvalue weighted by molar-refractivity contribution is 9.09.